The molecule has 1 aromatic heterocycles. The van der Waals surface area contributed by atoms with Gasteiger partial charge in [-0.1, -0.05) is 28.1 Å². The number of benzene rings is 1. The Morgan fingerprint density at radius 2 is 2.27 bits per heavy atom. The highest BCUT2D eigenvalue weighted by Gasteiger charge is 2.07. The minimum absolute atomic E-state index is 0.510. The summed E-state index contributed by atoms with van der Waals surface area (Å²) in [6.45, 7) is 2.57. The van der Waals surface area contributed by atoms with Crippen molar-refractivity contribution in [2.75, 3.05) is 0 Å². The van der Waals surface area contributed by atoms with Gasteiger partial charge in [0.15, 0.2) is 0 Å². The molecular weight excluding hydrogens is 272 g/mol. The third-order valence-electron chi connectivity index (χ3n) is 2.16. The van der Waals surface area contributed by atoms with Gasteiger partial charge in [-0.3, -0.25) is 0 Å². The summed E-state index contributed by atoms with van der Waals surface area (Å²) in [7, 11) is 0. The summed E-state index contributed by atoms with van der Waals surface area (Å²) in [5.41, 5.74) is 7.74. The van der Waals surface area contributed by atoms with Crippen molar-refractivity contribution in [1.29, 1.82) is 0 Å². The molecule has 0 saturated heterocycles. The number of nitrogens with two attached hydrogens (primary N) is 1. The van der Waals surface area contributed by atoms with Gasteiger partial charge < -0.3 is 5.73 Å². The van der Waals surface area contributed by atoms with Crippen LogP contribution in [0.15, 0.2) is 28.7 Å². The number of halogens is 1. The molecule has 1 heterocycles. The van der Waals surface area contributed by atoms with Crippen LogP contribution in [0.3, 0.4) is 0 Å². The number of hydrogen-bond acceptors (Lipinski definition) is 3. The molecule has 78 valence electrons. The van der Waals surface area contributed by atoms with Gasteiger partial charge in [0, 0.05) is 21.5 Å². The third-order valence-corrected chi connectivity index (χ3v) is 3.71. The highest BCUT2D eigenvalue weighted by atomic mass is 79.9. The lowest BCUT2D eigenvalue weighted by atomic mass is 10.2. The van der Waals surface area contributed by atoms with Crippen molar-refractivity contribution in [1.82, 2.24) is 4.98 Å². The molecule has 0 unspecified atom stereocenters. The summed E-state index contributed by atoms with van der Waals surface area (Å²) in [6.07, 6.45) is 0. The Morgan fingerprint density at radius 3 is 2.87 bits per heavy atom. The fourth-order valence-electron chi connectivity index (χ4n) is 1.36. The van der Waals surface area contributed by atoms with E-state index in [2.05, 4.69) is 40.0 Å². The van der Waals surface area contributed by atoms with E-state index in [9.17, 15) is 0 Å². The van der Waals surface area contributed by atoms with Crippen LogP contribution in [0.1, 0.15) is 10.6 Å². The highest BCUT2D eigenvalue weighted by Crippen LogP contribution is 2.28. The molecule has 0 radical (unpaired) electrons. The number of rotatable bonds is 2. The minimum atomic E-state index is 0.510. The molecule has 2 aromatic rings. The first-order chi connectivity index (χ1) is 7.20. The smallest absolute Gasteiger partial charge is 0.123 e. The first-order valence-corrected chi connectivity index (χ1v) is 6.24. The number of aromatic nitrogens is 1. The van der Waals surface area contributed by atoms with Crippen molar-refractivity contribution < 1.29 is 0 Å². The maximum Gasteiger partial charge on any atom is 0.123 e. The normalized spacial score (nSPS) is 10.6. The summed E-state index contributed by atoms with van der Waals surface area (Å²) in [6, 6.07) is 8.15. The van der Waals surface area contributed by atoms with Crippen molar-refractivity contribution in [2.24, 2.45) is 5.73 Å². The van der Waals surface area contributed by atoms with E-state index < -0.39 is 0 Å². The Labute approximate surface area is 101 Å². The molecule has 0 bridgehead atoms. The fraction of sp³-hybridized carbons (Fsp3) is 0.182. The largest absolute Gasteiger partial charge is 0.325 e. The summed E-state index contributed by atoms with van der Waals surface area (Å²) in [5, 5.41) is 1.04. The molecule has 0 aliphatic rings. The zero-order valence-corrected chi connectivity index (χ0v) is 10.7. The molecule has 2 rings (SSSR count). The zero-order chi connectivity index (χ0) is 10.8. The van der Waals surface area contributed by atoms with Crippen molar-refractivity contribution >= 4 is 27.3 Å². The van der Waals surface area contributed by atoms with E-state index in [0.29, 0.717) is 6.54 Å². The van der Waals surface area contributed by atoms with Crippen molar-refractivity contribution in [3.8, 4) is 10.6 Å². The molecule has 1 aromatic carbocycles. The van der Waals surface area contributed by atoms with E-state index in [1.165, 1.54) is 4.88 Å². The summed E-state index contributed by atoms with van der Waals surface area (Å²) in [5.74, 6) is 0. The van der Waals surface area contributed by atoms with E-state index in [0.717, 1.165) is 20.7 Å². The lowest BCUT2D eigenvalue weighted by Gasteiger charge is -1.96. The van der Waals surface area contributed by atoms with Gasteiger partial charge in [0.25, 0.3) is 0 Å². The Kier molecular flexibility index (Phi) is 3.19. The Balaban J connectivity index is 2.45. The van der Waals surface area contributed by atoms with Crippen molar-refractivity contribution in [2.45, 2.75) is 13.5 Å². The number of aryl methyl sites for hydroxylation is 1. The van der Waals surface area contributed by atoms with Crippen LogP contribution in [0.2, 0.25) is 0 Å². The third kappa shape index (κ3) is 2.27. The molecule has 0 aliphatic carbocycles. The minimum Gasteiger partial charge on any atom is -0.325 e. The quantitative estimate of drug-likeness (QED) is 0.918. The summed E-state index contributed by atoms with van der Waals surface area (Å²) >= 11 is 5.14. The Hall–Kier alpha value is -0.710. The SMILES string of the molecule is Cc1sc(-c2cccc(Br)c2)nc1CN. The van der Waals surface area contributed by atoms with Gasteiger partial charge >= 0.3 is 0 Å². The molecule has 0 spiro atoms. The predicted molar refractivity (Wildman–Crippen MR) is 67.9 cm³/mol. The fourth-order valence-corrected chi connectivity index (χ4v) is 2.70. The average molecular weight is 283 g/mol. The van der Waals surface area contributed by atoms with Gasteiger partial charge in [0.2, 0.25) is 0 Å². The molecule has 0 amide bonds. The first-order valence-electron chi connectivity index (χ1n) is 4.63. The number of thiazole rings is 1. The standard InChI is InChI=1S/C11H11BrN2S/c1-7-10(6-13)14-11(15-7)8-3-2-4-9(12)5-8/h2-5H,6,13H2,1H3. The van der Waals surface area contributed by atoms with Crippen molar-refractivity contribution in [3.05, 3.63) is 39.3 Å². The van der Waals surface area contributed by atoms with Crippen molar-refractivity contribution in [3.63, 3.8) is 0 Å². The van der Waals surface area contributed by atoms with Crippen LogP contribution >= 0.6 is 27.3 Å². The summed E-state index contributed by atoms with van der Waals surface area (Å²) in [4.78, 5) is 5.71. The first kappa shape index (κ1) is 10.8. The van der Waals surface area contributed by atoms with Gasteiger partial charge in [-0.15, -0.1) is 11.3 Å². The topological polar surface area (TPSA) is 38.9 Å². The van der Waals surface area contributed by atoms with Crippen LogP contribution in [0.25, 0.3) is 10.6 Å². The van der Waals surface area contributed by atoms with Crippen LogP contribution in [0, 0.1) is 6.92 Å². The van der Waals surface area contributed by atoms with Gasteiger partial charge in [-0.2, -0.15) is 0 Å². The molecule has 2 N–H and O–H groups in total. The maximum atomic E-state index is 5.61. The molecular formula is C11H11BrN2S. The molecule has 2 nitrogen and oxygen atoms in total. The van der Waals surface area contributed by atoms with Crippen LogP contribution in [-0.4, -0.2) is 4.98 Å². The lowest BCUT2D eigenvalue weighted by Crippen LogP contribution is -1.97. The average Bonchev–Trinajstić information content (AvgIpc) is 2.60. The van der Waals surface area contributed by atoms with Gasteiger partial charge in [0.05, 0.1) is 5.69 Å². The molecule has 0 aliphatic heterocycles. The second kappa shape index (κ2) is 4.43. The van der Waals surface area contributed by atoms with Gasteiger partial charge in [-0.05, 0) is 19.1 Å². The molecule has 0 saturated carbocycles. The maximum absolute atomic E-state index is 5.61. The monoisotopic (exact) mass is 282 g/mol. The molecule has 4 heteroatoms. The highest BCUT2D eigenvalue weighted by molar-refractivity contribution is 9.10. The summed E-state index contributed by atoms with van der Waals surface area (Å²) < 4.78 is 1.07. The van der Waals surface area contributed by atoms with E-state index >= 15 is 0 Å². The van der Waals surface area contributed by atoms with Gasteiger partial charge in [0.1, 0.15) is 5.01 Å². The second-order valence-corrected chi connectivity index (χ2v) is 5.36. The predicted octanol–water partition coefficient (Wildman–Crippen LogP) is 3.34. The van der Waals surface area contributed by atoms with E-state index in [1.807, 2.05) is 12.1 Å². The van der Waals surface area contributed by atoms with Crippen LogP contribution in [-0.2, 0) is 6.54 Å². The number of nitrogens with zero attached hydrogens (tertiary/aromatic N) is 1. The second-order valence-electron chi connectivity index (χ2n) is 3.24. The van der Waals surface area contributed by atoms with E-state index in [1.54, 1.807) is 11.3 Å². The molecule has 0 fully saturated rings. The number of hydrogen-bond donors (Lipinski definition) is 1. The zero-order valence-electron chi connectivity index (χ0n) is 8.33. The van der Waals surface area contributed by atoms with E-state index in [4.69, 9.17) is 5.73 Å². The van der Waals surface area contributed by atoms with Crippen LogP contribution < -0.4 is 5.73 Å². The Bertz CT molecular complexity index is 479. The molecule has 15 heavy (non-hydrogen) atoms. The van der Waals surface area contributed by atoms with Crippen LogP contribution in [0.4, 0.5) is 0 Å². The van der Waals surface area contributed by atoms with E-state index in [-0.39, 0.29) is 0 Å². The lowest BCUT2D eigenvalue weighted by molar-refractivity contribution is 0.998. The van der Waals surface area contributed by atoms with Crippen LogP contribution in [0.5, 0.6) is 0 Å². The van der Waals surface area contributed by atoms with Gasteiger partial charge in [-0.25, -0.2) is 4.98 Å². The molecule has 0 atom stereocenters. The Morgan fingerprint density at radius 1 is 1.47 bits per heavy atom.